The summed E-state index contributed by atoms with van der Waals surface area (Å²) in [5.74, 6) is 0. The maximum Gasteiger partial charge on any atom is 0.0992 e. The van der Waals surface area contributed by atoms with Crippen LogP contribution in [0.15, 0.2) is 59.6 Å². The quantitative estimate of drug-likeness (QED) is 0.399. The van der Waals surface area contributed by atoms with Crippen molar-refractivity contribution in [2.24, 2.45) is 0 Å². The van der Waals surface area contributed by atoms with Crippen LogP contribution in [0.5, 0.6) is 0 Å². The second-order valence-corrected chi connectivity index (χ2v) is 8.01. The number of hydrogen-bond donors (Lipinski definition) is 1. The summed E-state index contributed by atoms with van der Waals surface area (Å²) in [5.41, 5.74) is 9.12. The molecule has 0 saturated carbocycles. The average Bonchev–Trinajstić information content (AvgIpc) is 3.34. The second-order valence-electron chi connectivity index (χ2n) is 7.16. The lowest BCUT2D eigenvalue weighted by Gasteiger charge is -2.26. The van der Waals surface area contributed by atoms with E-state index in [1.54, 1.807) is 12.5 Å². The Morgan fingerprint density at radius 3 is 2.55 bits per heavy atom. The molecule has 6 heteroatoms. The number of halogens is 1. The first-order valence-electron chi connectivity index (χ1n) is 9.67. The monoisotopic (exact) mass is 449 g/mol. The van der Waals surface area contributed by atoms with E-state index in [0.717, 1.165) is 33.8 Å². The van der Waals surface area contributed by atoms with Gasteiger partial charge in [-0.3, -0.25) is 5.10 Å². The molecule has 0 fully saturated rings. The van der Waals surface area contributed by atoms with Crippen molar-refractivity contribution >= 4 is 27.3 Å². The first-order valence-corrected chi connectivity index (χ1v) is 10.5. The van der Waals surface area contributed by atoms with E-state index in [9.17, 15) is 0 Å². The smallest absolute Gasteiger partial charge is 0.0992 e. The van der Waals surface area contributed by atoms with Crippen LogP contribution in [0.4, 0.5) is 11.4 Å². The van der Waals surface area contributed by atoms with Crippen LogP contribution in [-0.2, 0) is 0 Å². The zero-order chi connectivity index (χ0) is 20.5. The minimum atomic E-state index is 0.866. The van der Waals surface area contributed by atoms with Crippen molar-refractivity contribution in [1.82, 2.24) is 19.7 Å². The summed E-state index contributed by atoms with van der Waals surface area (Å²) < 4.78 is 3.03. The standard InChI is InChI=1S/C23H24BrN5/c1-5-29(19-8-9-21(20(24)13-19)28-11-10-25-14-28)22-12-18(7-6-15(22)2)23-16(3)26-27-17(23)4/h6-14H,5H2,1-4H3,(H,26,27). The number of anilines is 2. The largest absolute Gasteiger partial charge is 0.342 e. The zero-order valence-electron chi connectivity index (χ0n) is 17.1. The molecule has 5 nitrogen and oxygen atoms in total. The van der Waals surface area contributed by atoms with Gasteiger partial charge in [-0.25, -0.2) is 4.98 Å². The van der Waals surface area contributed by atoms with Gasteiger partial charge in [0.05, 0.1) is 17.7 Å². The van der Waals surface area contributed by atoms with E-state index in [0.29, 0.717) is 0 Å². The molecule has 2 aromatic carbocycles. The molecule has 0 aliphatic rings. The third kappa shape index (κ3) is 3.60. The molecule has 2 aromatic heterocycles. The molecule has 0 spiro atoms. The van der Waals surface area contributed by atoms with Crippen molar-refractivity contribution in [2.45, 2.75) is 27.7 Å². The highest BCUT2D eigenvalue weighted by Crippen LogP contribution is 2.36. The summed E-state index contributed by atoms with van der Waals surface area (Å²) in [5, 5.41) is 7.46. The molecule has 4 aromatic rings. The highest BCUT2D eigenvalue weighted by molar-refractivity contribution is 9.10. The van der Waals surface area contributed by atoms with Crippen molar-refractivity contribution in [1.29, 1.82) is 0 Å². The molecule has 29 heavy (non-hydrogen) atoms. The van der Waals surface area contributed by atoms with E-state index in [1.807, 2.05) is 17.7 Å². The fraction of sp³-hybridized carbons (Fsp3) is 0.217. The van der Waals surface area contributed by atoms with Gasteiger partial charge in [0.1, 0.15) is 0 Å². The van der Waals surface area contributed by atoms with E-state index in [2.05, 4.69) is 93.2 Å². The molecule has 148 valence electrons. The van der Waals surface area contributed by atoms with Crippen molar-refractivity contribution in [3.05, 3.63) is 76.5 Å². The van der Waals surface area contributed by atoms with Crippen molar-refractivity contribution in [3.63, 3.8) is 0 Å². The summed E-state index contributed by atoms with van der Waals surface area (Å²) in [6.45, 7) is 9.31. The molecule has 0 unspecified atom stereocenters. The number of nitrogens with zero attached hydrogens (tertiary/aromatic N) is 4. The Labute approximate surface area is 179 Å². The predicted octanol–water partition coefficient (Wildman–Crippen LogP) is 6.11. The lowest BCUT2D eigenvalue weighted by atomic mass is 10.0. The van der Waals surface area contributed by atoms with Gasteiger partial charge in [0, 0.05) is 46.0 Å². The van der Waals surface area contributed by atoms with E-state index < -0.39 is 0 Å². The number of aromatic amines is 1. The molecule has 0 aliphatic heterocycles. The zero-order valence-corrected chi connectivity index (χ0v) is 18.7. The van der Waals surface area contributed by atoms with Gasteiger partial charge in [-0.15, -0.1) is 0 Å². The fourth-order valence-corrected chi connectivity index (χ4v) is 4.37. The molecule has 1 N–H and O–H groups in total. The summed E-state index contributed by atoms with van der Waals surface area (Å²) in [6, 6.07) is 13.1. The van der Waals surface area contributed by atoms with Gasteiger partial charge in [-0.1, -0.05) is 12.1 Å². The highest BCUT2D eigenvalue weighted by atomic mass is 79.9. The van der Waals surface area contributed by atoms with Gasteiger partial charge in [-0.2, -0.15) is 5.10 Å². The molecule has 0 bridgehead atoms. The van der Waals surface area contributed by atoms with Crippen molar-refractivity contribution < 1.29 is 0 Å². The summed E-state index contributed by atoms with van der Waals surface area (Å²) >= 11 is 3.73. The number of rotatable bonds is 5. The lowest BCUT2D eigenvalue weighted by molar-refractivity contribution is 1.01. The summed E-state index contributed by atoms with van der Waals surface area (Å²) in [6.07, 6.45) is 5.54. The van der Waals surface area contributed by atoms with Gasteiger partial charge < -0.3 is 9.47 Å². The average molecular weight is 450 g/mol. The number of aryl methyl sites for hydroxylation is 3. The summed E-state index contributed by atoms with van der Waals surface area (Å²) in [7, 11) is 0. The Bertz CT molecular complexity index is 1120. The van der Waals surface area contributed by atoms with Crippen LogP contribution >= 0.6 is 15.9 Å². The fourth-order valence-electron chi connectivity index (χ4n) is 3.80. The minimum absolute atomic E-state index is 0.866. The highest BCUT2D eigenvalue weighted by Gasteiger charge is 2.16. The van der Waals surface area contributed by atoms with E-state index >= 15 is 0 Å². The summed E-state index contributed by atoms with van der Waals surface area (Å²) in [4.78, 5) is 6.48. The molecule has 2 heterocycles. The van der Waals surface area contributed by atoms with E-state index in [4.69, 9.17) is 0 Å². The first-order chi connectivity index (χ1) is 14.0. The molecule has 0 radical (unpaired) electrons. The molecular weight excluding hydrogens is 426 g/mol. The molecule has 0 amide bonds. The van der Waals surface area contributed by atoms with Gasteiger partial charge in [0.15, 0.2) is 0 Å². The number of H-pyrrole nitrogens is 1. The molecule has 0 atom stereocenters. The second kappa shape index (κ2) is 7.87. The van der Waals surface area contributed by atoms with Crippen LogP contribution in [0.1, 0.15) is 23.9 Å². The molecule has 0 saturated heterocycles. The maximum absolute atomic E-state index is 4.36. The lowest BCUT2D eigenvalue weighted by Crippen LogP contribution is -2.17. The first kappa shape index (κ1) is 19.5. The Balaban J connectivity index is 1.77. The number of imidazole rings is 1. The van der Waals surface area contributed by atoms with Crippen LogP contribution < -0.4 is 4.90 Å². The molecular formula is C23H24BrN5. The van der Waals surface area contributed by atoms with Crippen LogP contribution in [0.3, 0.4) is 0 Å². The Morgan fingerprint density at radius 2 is 1.93 bits per heavy atom. The maximum atomic E-state index is 4.36. The van der Waals surface area contributed by atoms with Crippen LogP contribution in [0.25, 0.3) is 16.8 Å². The van der Waals surface area contributed by atoms with Gasteiger partial charge >= 0.3 is 0 Å². The number of benzene rings is 2. The minimum Gasteiger partial charge on any atom is -0.342 e. The van der Waals surface area contributed by atoms with Crippen molar-refractivity contribution in [3.8, 4) is 16.8 Å². The normalized spacial score (nSPS) is 11.1. The molecule has 0 aliphatic carbocycles. The molecule has 4 rings (SSSR count). The van der Waals surface area contributed by atoms with Crippen LogP contribution in [-0.4, -0.2) is 26.3 Å². The Kier molecular flexibility index (Phi) is 5.28. The van der Waals surface area contributed by atoms with Crippen LogP contribution in [0, 0.1) is 20.8 Å². The van der Waals surface area contributed by atoms with Crippen LogP contribution in [0.2, 0.25) is 0 Å². The SMILES string of the molecule is CCN(c1ccc(-n2ccnc2)c(Br)c1)c1cc(-c2c(C)n[nH]c2C)ccc1C. The Morgan fingerprint density at radius 1 is 1.10 bits per heavy atom. The topological polar surface area (TPSA) is 49.7 Å². The van der Waals surface area contributed by atoms with Gasteiger partial charge in [0.25, 0.3) is 0 Å². The predicted molar refractivity (Wildman–Crippen MR) is 122 cm³/mol. The van der Waals surface area contributed by atoms with Gasteiger partial charge in [0.2, 0.25) is 0 Å². The third-order valence-corrected chi connectivity index (χ3v) is 5.89. The van der Waals surface area contributed by atoms with E-state index in [1.165, 1.54) is 22.4 Å². The Hall–Kier alpha value is -2.86. The number of nitrogens with one attached hydrogen (secondary N) is 1. The van der Waals surface area contributed by atoms with Gasteiger partial charge in [-0.05, 0) is 79.0 Å². The van der Waals surface area contributed by atoms with Crippen molar-refractivity contribution in [2.75, 3.05) is 11.4 Å². The number of aromatic nitrogens is 4. The number of hydrogen-bond acceptors (Lipinski definition) is 3. The van der Waals surface area contributed by atoms with E-state index in [-0.39, 0.29) is 0 Å². The third-order valence-electron chi connectivity index (χ3n) is 5.26.